The third-order valence-corrected chi connectivity index (χ3v) is 4.64. The Kier molecular flexibility index (Phi) is 3.76. The van der Waals surface area contributed by atoms with Crippen molar-refractivity contribution in [3.05, 3.63) is 27.4 Å². The molecule has 1 amide bonds. The lowest BCUT2D eigenvalue weighted by Crippen LogP contribution is -2.26. The number of aromatic nitrogens is 1. The molecule has 0 saturated heterocycles. The van der Waals surface area contributed by atoms with Gasteiger partial charge in [0.1, 0.15) is 5.75 Å². The van der Waals surface area contributed by atoms with Crippen LogP contribution in [0.1, 0.15) is 31.0 Å². The molecule has 1 aliphatic heterocycles. The molecule has 2 N–H and O–H groups in total. The third-order valence-electron chi connectivity index (χ3n) is 3.85. The molecule has 21 heavy (non-hydrogen) atoms. The fraction of sp³-hybridized carbons (Fsp3) is 0.400. The molecule has 0 unspecified atom stereocenters. The first-order chi connectivity index (χ1) is 10.0. The summed E-state index contributed by atoms with van der Waals surface area (Å²) in [4.78, 5) is 15.4. The van der Waals surface area contributed by atoms with Gasteiger partial charge in [-0.1, -0.05) is 23.2 Å². The highest BCUT2D eigenvalue weighted by molar-refractivity contribution is 6.45. The highest BCUT2D eigenvalue weighted by Crippen LogP contribution is 2.43. The van der Waals surface area contributed by atoms with Crippen molar-refractivity contribution in [2.45, 2.75) is 26.2 Å². The van der Waals surface area contributed by atoms with Gasteiger partial charge >= 0.3 is 0 Å². The molecule has 0 fully saturated rings. The van der Waals surface area contributed by atoms with E-state index in [1.54, 1.807) is 6.07 Å². The van der Waals surface area contributed by atoms with Gasteiger partial charge in [-0.15, -0.1) is 0 Å². The number of rotatable bonds is 2. The number of nitrogens with one attached hydrogen (secondary N) is 2. The molecular weight excluding hydrogens is 311 g/mol. The average molecular weight is 327 g/mol. The third kappa shape index (κ3) is 2.27. The number of hydrogen-bond donors (Lipinski definition) is 2. The summed E-state index contributed by atoms with van der Waals surface area (Å²) in [5.41, 5.74) is 2.72. The van der Waals surface area contributed by atoms with Crippen LogP contribution in [0.4, 0.5) is 0 Å². The second kappa shape index (κ2) is 5.43. The number of carbonyl (C=O) groups excluding carboxylic acids is 1. The maximum Gasteiger partial charge on any atom is 0.227 e. The van der Waals surface area contributed by atoms with Crippen LogP contribution in [0.3, 0.4) is 0 Å². The summed E-state index contributed by atoms with van der Waals surface area (Å²) < 4.78 is 5.71. The van der Waals surface area contributed by atoms with Crippen LogP contribution in [0.15, 0.2) is 6.07 Å². The van der Waals surface area contributed by atoms with E-state index < -0.39 is 0 Å². The van der Waals surface area contributed by atoms with E-state index in [0.717, 1.165) is 28.6 Å². The number of H-pyrrole nitrogens is 1. The van der Waals surface area contributed by atoms with Crippen molar-refractivity contribution in [1.82, 2.24) is 10.3 Å². The maximum atomic E-state index is 12.1. The molecule has 1 atom stereocenters. The summed E-state index contributed by atoms with van der Waals surface area (Å²) in [5, 5.41) is 4.69. The van der Waals surface area contributed by atoms with E-state index in [1.165, 1.54) is 0 Å². The lowest BCUT2D eigenvalue weighted by Gasteiger charge is -2.12. The molecule has 4 nitrogen and oxygen atoms in total. The van der Waals surface area contributed by atoms with E-state index in [2.05, 4.69) is 10.3 Å². The quantitative estimate of drug-likeness (QED) is 0.885. The Morgan fingerprint density at radius 2 is 2.19 bits per heavy atom. The summed E-state index contributed by atoms with van der Waals surface area (Å²) >= 11 is 12.5. The molecule has 2 aromatic rings. The number of amides is 1. The van der Waals surface area contributed by atoms with E-state index in [-0.39, 0.29) is 11.8 Å². The number of carbonyl (C=O) groups is 1. The minimum absolute atomic E-state index is 0.0168. The molecule has 0 radical (unpaired) electrons. The molecule has 0 aliphatic carbocycles. The fourth-order valence-corrected chi connectivity index (χ4v) is 3.29. The summed E-state index contributed by atoms with van der Waals surface area (Å²) in [5.74, 6) is 0.428. The van der Waals surface area contributed by atoms with Gasteiger partial charge in [-0.25, -0.2) is 0 Å². The number of hydrogen-bond acceptors (Lipinski definition) is 2. The Labute approximate surface area is 132 Å². The highest BCUT2D eigenvalue weighted by Gasteiger charge is 2.28. The largest absolute Gasteiger partial charge is 0.493 e. The van der Waals surface area contributed by atoms with Crippen molar-refractivity contribution in [3.63, 3.8) is 0 Å². The van der Waals surface area contributed by atoms with Crippen LogP contribution >= 0.6 is 23.2 Å². The molecule has 1 aromatic carbocycles. The van der Waals surface area contributed by atoms with Gasteiger partial charge in [0.25, 0.3) is 0 Å². The first-order valence-corrected chi connectivity index (χ1v) is 7.73. The zero-order valence-corrected chi connectivity index (χ0v) is 13.4. The Morgan fingerprint density at radius 1 is 1.43 bits per heavy atom. The number of ether oxygens (including phenoxy) is 1. The lowest BCUT2D eigenvalue weighted by atomic mass is 9.96. The first-order valence-electron chi connectivity index (χ1n) is 6.97. The lowest BCUT2D eigenvalue weighted by molar-refractivity contribution is -0.121. The molecule has 112 valence electrons. The van der Waals surface area contributed by atoms with Gasteiger partial charge in [0.15, 0.2) is 0 Å². The van der Waals surface area contributed by atoms with Crippen molar-refractivity contribution >= 4 is 40.0 Å². The van der Waals surface area contributed by atoms with Crippen molar-refractivity contribution in [2.24, 2.45) is 0 Å². The zero-order valence-electron chi connectivity index (χ0n) is 11.8. The van der Waals surface area contributed by atoms with E-state index in [9.17, 15) is 4.79 Å². The zero-order chi connectivity index (χ0) is 15.1. The summed E-state index contributed by atoms with van der Waals surface area (Å²) in [6, 6.07) is 1.72. The van der Waals surface area contributed by atoms with Crippen LogP contribution in [0.25, 0.3) is 10.9 Å². The minimum Gasteiger partial charge on any atom is -0.493 e. The normalized spacial score (nSPS) is 18.3. The summed E-state index contributed by atoms with van der Waals surface area (Å²) in [6.07, 6.45) is 0.736. The predicted molar refractivity (Wildman–Crippen MR) is 84.6 cm³/mol. The smallest absolute Gasteiger partial charge is 0.227 e. The Balaban J connectivity index is 2.36. The van der Waals surface area contributed by atoms with Crippen molar-refractivity contribution < 1.29 is 9.53 Å². The summed E-state index contributed by atoms with van der Waals surface area (Å²) in [6.45, 7) is 4.94. The Morgan fingerprint density at radius 3 is 2.90 bits per heavy atom. The van der Waals surface area contributed by atoms with Gasteiger partial charge < -0.3 is 15.0 Å². The van der Waals surface area contributed by atoms with Crippen LogP contribution in [-0.4, -0.2) is 24.0 Å². The maximum absolute atomic E-state index is 12.1. The van der Waals surface area contributed by atoms with Gasteiger partial charge in [-0.05, 0) is 19.4 Å². The van der Waals surface area contributed by atoms with Crippen LogP contribution in [-0.2, 0) is 11.2 Å². The molecule has 6 heteroatoms. The number of aromatic amines is 1. The number of fused-ring (bicyclic) bond motifs is 3. The second-order valence-corrected chi connectivity index (χ2v) is 5.92. The molecule has 1 aliphatic rings. The Bertz CT molecular complexity index is 724. The topological polar surface area (TPSA) is 54.1 Å². The fourth-order valence-electron chi connectivity index (χ4n) is 2.90. The molecule has 0 saturated carbocycles. The highest BCUT2D eigenvalue weighted by atomic mass is 35.5. The van der Waals surface area contributed by atoms with E-state index in [1.807, 2.05) is 13.8 Å². The molecule has 2 heterocycles. The van der Waals surface area contributed by atoms with Crippen LogP contribution in [0, 0.1) is 0 Å². The van der Waals surface area contributed by atoms with Crippen molar-refractivity contribution in [3.8, 4) is 5.75 Å². The molecule has 1 aromatic heterocycles. The molecular formula is C15H16Cl2N2O2. The number of halogens is 2. The van der Waals surface area contributed by atoms with Crippen LogP contribution < -0.4 is 10.1 Å². The van der Waals surface area contributed by atoms with Gasteiger partial charge in [0, 0.05) is 30.1 Å². The average Bonchev–Trinajstić information content (AvgIpc) is 2.77. The molecule has 0 spiro atoms. The van der Waals surface area contributed by atoms with E-state index >= 15 is 0 Å². The summed E-state index contributed by atoms with van der Waals surface area (Å²) in [7, 11) is 0. The standard InChI is InChI=1S/C15H16Cl2N2O2/c1-3-21-10-6-8(16)13(17)14-12(10)11-7(2)15(20)18-5-4-9(11)19-14/h6-7,19H,3-5H2,1-2H3,(H,18,20)/t7-/m1/s1. The van der Waals surface area contributed by atoms with Crippen LogP contribution in [0.2, 0.25) is 10.0 Å². The van der Waals surface area contributed by atoms with Gasteiger partial charge in [0.05, 0.1) is 28.1 Å². The van der Waals surface area contributed by atoms with Crippen molar-refractivity contribution in [1.29, 1.82) is 0 Å². The monoisotopic (exact) mass is 326 g/mol. The predicted octanol–water partition coefficient (Wildman–Crippen LogP) is 3.65. The van der Waals surface area contributed by atoms with Crippen molar-refractivity contribution in [2.75, 3.05) is 13.2 Å². The molecule has 0 bridgehead atoms. The molecule has 3 rings (SSSR count). The van der Waals surface area contributed by atoms with E-state index in [4.69, 9.17) is 27.9 Å². The van der Waals surface area contributed by atoms with Crippen LogP contribution in [0.5, 0.6) is 5.75 Å². The number of benzene rings is 1. The Hall–Kier alpha value is -1.39. The SMILES string of the molecule is CCOc1cc(Cl)c(Cl)c2[nH]c3c(c12)[C@@H](C)C(=O)NCC3. The second-order valence-electron chi connectivity index (χ2n) is 5.13. The minimum atomic E-state index is -0.257. The first kappa shape index (κ1) is 14.5. The van der Waals surface area contributed by atoms with E-state index in [0.29, 0.717) is 28.9 Å². The van der Waals surface area contributed by atoms with Gasteiger partial charge in [0.2, 0.25) is 5.91 Å². The van der Waals surface area contributed by atoms with Gasteiger partial charge in [-0.2, -0.15) is 0 Å². The van der Waals surface area contributed by atoms with Gasteiger partial charge in [-0.3, -0.25) is 4.79 Å².